The van der Waals surface area contributed by atoms with Gasteiger partial charge in [0.15, 0.2) is 0 Å². The highest BCUT2D eigenvalue weighted by Crippen LogP contribution is 2.43. The van der Waals surface area contributed by atoms with E-state index in [-0.39, 0.29) is 16.4 Å². The second-order valence-corrected chi connectivity index (χ2v) is 8.31. The Bertz CT molecular complexity index is 1160. The minimum Gasteiger partial charge on any atom is -0.405 e. The number of carbonyl (C=O) groups excluding carboxylic acids is 1. The van der Waals surface area contributed by atoms with E-state index in [1.165, 1.54) is 6.07 Å². The largest absolute Gasteiger partial charge is 0.573 e. The number of aryl methyl sites for hydroxylation is 2. The first-order chi connectivity index (χ1) is 13.7. The van der Waals surface area contributed by atoms with Crippen LogP contribution in [0.1, 0.15) is 27.0 Å². The number of halogens is 3. The van der Waals surface area contributed by atoms with Gasteiger partial charge in [-0.3, -0.25) is 4.79 Å². The summed E-state index contributed by atoms with van der Waals surface area (Å²) in [5.74, 6) is -1.27. The van der Waals surface area contributed by atoms with Crippen LogP contribution in [0.25, 0.3) is 11.1 Å². The normalized spacial score (nSPS) is 13.8. The number of carbonyl (C=O) groups is 1. The van der Waals surface area contributed by atoms with Crippen LogP contribution in [0.3, 0.4) is 0 Å². The van der Waals surface area contributed by atoms with Crippen LogP contribution in [-0.4, -0.2) is 12.1 Å². The van der Waals surface area contributed by atoms with E-state index in [1.807, 2.05) is 0 Å². The van der Waals surface area contributed by atoms with Crippen molar-refractivity contribution in [2.24, 2.45) is 0 Å². The molecule has 0 amide bonds. The van der Waals surface area contributed by atoms with Crippen molar-refractivity contribution in [3.8, 4) is 16.9 Å². The molecule has 0 saturated carbocycles. The molecule has 0 bridgehead atoms. The van der Waals surface area contributed by atoms with Gasteiger partial charge in [0, 0.05) is 16.7 Å². The summed E-state index contributed by atoms with van der Waals surface area (Å²) in [7, 11) is -2.24. The molecule has 0 aliphatic carbocycles. The Morgan fingerprint density at radius 2 is 1.52 bits per heavy atom. The lowest BCUT2D eigenvalue weighted by Gasteiger charge is -2.15. The smallest absolute Gasteiger partial charge is 0.405 e. The molecule has 0 aromatic heterocycles. The fourth-order valence-corrected chi connectivity index (χ4v) is 5.43. The zero-order chi connectivity index (χ0) is 20.9. The van der Waals surface area contributed by atoms with Crippen molar-refractivity contribution in [2.75, 3.05) is 0 Å². The van der Waals surface area contributed by atoms with Crippen LogP contribution in [0.15, 0.2) is 54.6 Å². The van der Waals surface area contributed by atoms with Gasteiger partial charge in [-0.1, -0.05) is 34.9 Å². The van der Waals surface area contributed by atoms with E-state index in [0.717, 1.165) is 6.07 Å². The highest BCUT2D eigenvalue weighted by molar-refractivity contribution is 7.63. The third-order valence-corrected chi connectivity index (χ3v) is 6.62. The van der Waals surface area contributed by atoms with Crippen LogP contribution in [0.5, 0.6) is 5.75 Å². The third kappa shape index (κ3) is 3.23. The Labute approximate surface area is 165 Å². The summed E-state index contributed by atoms with van der Waals surface area (Å²) < 4.78 is 56.5. The van der Waals surface area contributed by atoms with Crippen molar-refractivity contribution in [1.82, 2.24) is 0 Å². The molecule has 3 aromatic rings. The molecule has 3 nitrogen and oxygen atoms in total. The molecule has 0 saturated heterocycles. The van der Waals surface area contributed by atoms with Gasteiger partial charge in [0.05, 0.1) is 0 Å². The number of benzene rings is 3. The summed E-state index contributed by atoms with van der Waals surface area (Å²) in [5.41, 5.74) is 2.37. The molecule has 29 heavy (non-hydrogen) atoms. The molecular weight excluding hydrogens is 400 g/mol. The topological polar surface area (TPSA) is 43.4 Å². The molecule has 4 rings (SSSR count). The van der Waals surface area contributed by atoms with Crippen LogP contribution >= 0.6 is 7.80 Å². The number of hydrogen-bond acceptors (Lipinski definition) is 3. The van der Waals surface area contributed by atoms with E-state index in [2.05, 4.69) is 4.74 Å². The molecular formula is C22H15F3O3P+. The average molecular weight is 415 g/mol. The molecule has 0 fully saturated rings. The van der Waals surface area contributed by atoms with Crippen LogP contribution in [-0.2, 0) is 4.57 Å². The summed E-state index contributed by atoms with van der Waals surface area (Å²) in [6.07, 6.45) is -4.98. The van der Waals surface area contributed by atoms with E-state index in [9.17, 15) is 22.5 Å². The van der Waals surface area contributed by atoms with Crippen molar-refractivity contribution in [3.63, 3.8) is 0 Å². The SMILES string of the molecule is Cc1cccc(C)c1C(=O)c1c(OC(F)(F)F)ccc2c1[P+](=O)c1ccccc1-2. The number of ether oxygens (including phenoxy) is 1. The summed E-state index contributed by atoms with van der Waals surface area (Å²) in [6, 6.07) is 14.6. The summed E-state index contributed by atoms with van der Waals surface area (Å²) in [4.78, 5) is 13.5. The monoisotopic (exact) mass is 415 g/mol. The first-order valence-corrected chi connectivity index (χ1v) is 10.1. The third-order valence-electron chi connectivity index (χ3n) is 4.92. The molecule has 1 aliphatic rings. The molecule has 1 heterocycles. The highest BCUT2D eigenvalue weighted by atomic mass is 31.1. The maximum absolute atomic E-state index is 13.5. The Hall–Kier alpha value is -2.98. The lowest BCUT2D eigenvalue weighted by Crippen LogP contribution is -2.23. The first-order valence-electron chi connectivity index (χ1n) is 8.79. The lowest BCUT2D eigenvalue weighted by atomic mass is 9.92. The Morgan fingerprint density at radius 1 is 0.862 bits per heavy atom. The highest BCUT2D eigenvalue weighted by Gasteiger charge is 2.45. The van der Waals surface area contributed by atoms with E-state index in [4.69, 9.17) is 0 Å². The molecule has 0 N–H and O–H groups in total. The standard InChI is InChI=1S/C22H15F3O3P/c1-12-6-5-7-13(2)18(12)20(26)19-16(28-22(23,24)25)11-10-15-14-8-3-4-9-17(14)29(27)21(15)19/h3-11H,1-2H3/q+1. The fourth-order valence-electron chi connectivity index (χ4n) is 3.73. The predicted octanol–water partition coefficient (Wildman–Crippen LogP) is 5.19. The number of ketones is 1. The van der Waals surface area contributed by atoms with E-state index < -0.39 is 25.7 Å². The second-order valence-electron chi connectivity index (χ2n) is 6.79. The maximum atomic E-state index is 13.5. The molecule has 0 radical (unpaired) electrons. The van der Waals surface area contributed by atoms with Gasteiger partial charge in [-0.05, 0) is 49.2 Å². The van der Waals surface area contributed by atoms with Crippen molar-refractivity contribution in [1.29, 1.82) is 0 Å². The molecule has 3 aromatic carbocycles. The number of alkyl halides is 3. The zero-order valence-corrected chi connectivity index (χ0v) is 16.4. The predicted molar refractivity (Wildman–Crippen MR) is 105 cm³/mol. The van der Waals surface area contributed by atoms with Gasteiger partial charge in [0.25, 0.3) is 0 Å². The van der Waals surface area contributed by atoms with E-state index in [1.54, 1.807) is 56.3 Å². The molecule has 0 spiro atoms. The number of rotatable bonds is 3. The molecule has 1 unspecified atom stereocenters. The Kier molecular flexibility index (Phi) is 4.55. The van der Waals surface area contributed by atoms with E-state index in [0.29, 0.717) is 27.6 Å². The van der Waals surface area contributed by atoms with Gasteiger partial charge in [-0.2, -0.15) is 0 Å². The summed E-state index contributed by atoms with van der Waals surface area (Å²) in [6.45, 7) is 3.42. The minimum atomic E-state index is -4.98. The lowest BCUT2D eigenvalue weighted by molar-refractivity contribution is -0.274. The van der Waals surface area contributed by atoms with Crippen molar-refractivity contribution in [3.05, 3.63) is 76.9 Å². The molecule has 1 atom stereocenters. The van der Waals surface area contributed by atoms with Gasteiger partial charge in [-0.15, -0.1) is 13.2 Å². The van der Waals surface area contributed by atoms with Crippen molar-refractivity contribution in [2.45, 2.75) is 20.2 Å². The number of hydrogen-bond donors (Lipinski definition) is 0. The van der Waals surface area contributed by atoms with Gasteiger partial charge in [-0.25, -0.2) is 0 Å². The van der Waals surface area contributed by atoms with Gasteiger partial charge in [0.2, 0.25) is 16.4 Å². The van der Waals surface area contributed by atoms with Crippen LogP contribution < -0.4 is 15.3 Å². The summed E-state index contributed by atoms with van der Waals surface area (Å²) >= 11 is 0. The van der Waals surface area contributed by atoms with Crippen LogP contribution in [0.2, 0.25) is 0 Å². The minimum absolute atomic E-state index is 0.0932. The molecule has 7 heteroatoms. The van der Waals surface area contributed by atoms with Gasteiger partial charge < -0.3 is 4.74 Å². The van der Waals surface area contributed by atoms with Gasteiger partial charge >= 0.3 is 14.2 Å². The number of fused-ring (bicyclic) bond motifs is 3. The zero-order valence-electron chi connectivity index (χ0n) is 15.5. The molecule has 146 valence electrons. The molecule has 1 aliphatic heterocycles. The fraction of sp³-hybridized carbons (Fsp3) is 0.136. The second kappa shape index (κ2) is 6.82. The van der Waals surface area contributed by atoms with Gasteiger partial charge in [0.1, 0.15) is 11.3 Å². The maximum Gasteiger partial charge on any atom is 0.573 e. The summed E-state index contributed by atoms with van der Waals surface area (Å²) in [5, 5.41) is 0.591. The van der Waals surface area contributed by atoms with Crippen LogP contribution in [0, 0.1) is 13.8 Å². The van der Waals surface area contributed by atoms with E-state index >= 15 is 0 Å². The average Bonchev–Trinajstić information content (AvgIpc) is 2.93. The Balaban J connectivity index is 2.01. The van der Waals surface area contributed by atoms with Crippen molar-refractivity contribution < 1.29 is 27.3 Å². The quantitative estimate of drug-likeness (QED) is 0.342. The first kappa shape index (κ1) is 19.3. The van der Waals surface area contributed by atoms with Crippen LogP contribution in [0.4, 0.5) is 13.2 Å². The Morgan fingerprint density at radius 3 is 2.17 bits per heavy atom. The van der Waals surface area contributed by atoms with Crippen molar-refractivity contribution >= 4 is 24.2 Å².